The lowest BCUT2D eigenvalue weighted by Crippen LogP contribution is -2.41. The summed E-state index contributed by atoms with van der Waals surface area (Å²) in [5.74, 6) is -0.389. The molecule has 0 aliphatic heterocycles. The Labute approximate surface area is 158 Å². The zero-order valence-electron chi connectivity index (χ0n) is 15.5. The molecular formula is C19H26N4O2S. The smallest absolute Gasteiger partial charge is 0.248 e. The van der Waals surface area contributed by atoms with Gasteiger partial charge in [0.25, 0.3) is 0 Å². The lowest BCUT2D eigenvalue weighted by molar-refractivity contribution is -0.126. The molecule has 0 radical (unpaired) electrons. The lowest BCUT2D eigenvalue weighted by atomic mass is 10.1. The van der Waals surface area contributed by atoms with E-state index in [4.69, 9.17) is 0 Å². The molecule has 7 heteroatoms. The Balaban J connectivity index is 1.83. The lowest BCUT2D eigenvalue weighted by Gasteiger charge is -2.12. The van der Waals surface area contributed by atoms with Gasteiger partial charge in [-0.1, -0.05) is 67.4 Å². The standard InChI is InChI=1S/C19H26N4O2S/c1-4-5-6-7-8-16(24)20-14(3)17(25)21-19-23-22-18(26-19)15-11-9-13(2)10-12-15/h9-12,14H,4-8H2,1-3H3,(H,20,24)(H,21,23,25)/t14-/m0/s1. The highest BCUT2D eigenvalue weighted by atomic mass is 32.1. The number of nitrogens with zero attached hydrogens (tertiary/aromatic N) is 2. The molecule has 2 rings (SSSR count). The molecule has 6 nitrogen and oxygen atoms in total. The normalized spacial score (nSPS) is 11.8. The van der Waals surface area contributed by atoms with Gasteiger partial charge in [0.05, 0.1) is 0 Å². The maximum Gasteiger partial charge on any atom is 0.248 e. The Bertz CT molecular complexity index is 727. The number of hydrogen-bond acceptors (Lipinski definition) is 5. The van der Waals surface area contributed by atoms with Crippen molar-refractivity contribution in [3.8, 4) is 10.6 Å². The van der Waals surface area contributed by atoms with E-state index in [1.807, 2.05) is 31.2 Å². The van der Waals surface area contributed by atoms with Crippen molar-refractivity contribution >= 4 is 28.3 Å². The van der Waals surface area contributed by atoms with Crippen LogP contribution >= 0.6 is 11.3 Å². The van der Waals surface area contributed by atoms with Gasteiger partial charge in [-0.25, -0.2) is 0 Å². The van der Waals surface area contributed by atoms with Crippen LogP contribution < -0.4 is 10.6 Å². The van der Waals surface area contributed by atoms with Crippen LogP contribution in [0.4, 0.5) is 5.13 Å². The van der Waals surface area contributed by atoms with Crippen molar-refractivity contribution in [1.29, 1.82) is 0 Å². The number of hydrogen-bond donors (Lipinski definition) is 2. The molecule has 0 saturated heterocycles. The molecule has 1 atom stereocenters. The Hall–Kier alpha value is -2.28. The minimum atomic E-state index is -0.611. The first-order valence-electron chi connectivity index (χ1n) is 9.00. The third kappa shape index (κ3) is 6.22. The SMILES string of the molecule is CCCCCCC(=O)N[C@@H](C)C(=O)Nc1nnc(-c2ccc(C)cc2)s1. The van der Waals surface area contributed by atoms with Gasteiger partial charge in [0.2, 0.25) is 16.9 Å². The van der Waals surface area contributed by atoms with E-state index < -0.39 is 6.04 Å². The van der Waals surface area contributed by atoms with Gasteiger partial charge in [-0.2, -0.15) is 0 Å². The van der Waals surface area contributed by atoms with Gasteiger partial charge in [0.1, 0.15) is 11.0 Å². The van der Waals surface area contributed by atoms with E-state index in [0.717, 1.165) is 36.3 Å². The number of nitrogens with one attached hydrogen (secondary N) is 2. The van der Waals surface area contributed by atoms with Crippen molar-refractivity contribution in [1.82, 2.24) is 15.5 Å². The van der Waals surface area contributed by atoms with Gasteiger partial charge in [-0.3, -0.25) is 14.9 Å². The first kappa shape index (κ1) is 20.0. The second-order valence-electron chi connectivity index (χ2n) is 6.37. The van der Waals surface area contributed by atoms with E-state index in [0.29, 0.717) is 11.6 Å². The van der Waals surface area contributed by atoms with E-state index in [2.05, 4.69) is 27.8 Å². The molecule has 26 heavy (non-hydrogen) atoms. The van der Waals surface area contributed by atoms with Crippen LogP contribution in [0.25, 0.3) is 10.6 Å². The number of unbranched alkanes of at least 4 members (excludes halogenated alkanes) is 3. The predicted molar refractivity (Wildman–Crippen MR) is 105 cm³/mol. The number of anilines is 1. The highest BCUT2D eigenvalue weighted by Gasteiger charge is 2.17. The third-order valence-corrected chi connectivity index (χ3v) is 4.87. The number of aryl methyl sites for hydroxylation is 1. The van der Waals surface area contributed by atoms with Crippen molar-refractivity contribution < 1.29 is 9.59 Å². The number of benzene rings is 1. The van der Waals surface area contributed by atoms with Crippen molar-refractivity contribution in [2.24, 2.45) is 0 Å². The highest BCUT2D eigenvalue weighted by molar-refractivity contribution is 7.18. The topological polar surface area (TPSA) is 84.0 Å². The zero-order valence-corrected chi connectivity index (χ0v) is 16.4. The van der Waals surface area contributed by atoms with Crippen LogP contribution in [0.1, 0.15) is 51.5 Å². The summed E-state index contributed by atoms with van der Waals surface area (Å²) in [5.41, 5.74) is 2.13. The predicted octanol–water partition coefficient (Wildman–Crippen LogP) is 3.93. The van der Waals surface area contributed by atoms with Crippen LogP contribution in [0.3, 0.4) is 0 Å². The van der Waals surface area contributed by atoms with E-state index in [9.17, 15) is 9.59 Å². The quantitative estimate of drug-likeness (QED) is 0.652. The number of carbonyl (C=O) groups is 2. The Morgan fingerprint density at radius 3 is 2.54 bits per heavy atom. The average Bonchev–Trinajstić information content (AvgIpc) is 3.07. The number of rotatable bonds is 9. The fourth-order valence-electron chi connectivity index (χ4n) is 2.39. The average molecular weight is 375 g/mol. The molecule has 0 saturated carbocycles. The van der Waals surface area contributed by atoms with Gasteiger partial charge in [-0.05, 0) is 20.3 Å². The van der Waals surface area contributed by atoms with Crippen LogP contribution in [-0.4, -0.2) is 28.1 Å². The molecule has 0 unspecified atom stereocenters. The molecule has 0 bridgehead atoms. The maximum atomic E-state index is 12.2. The summed E-state index contributed by atoms with van der Waals surface area (Å²) < 4.78 is 0. The number of carbonyl (C=O) groups excluding carboxylic acids is 2. The molecule has 0 fully saturated rings. The zero-order chi connectivity index (χ0) is 18.9. The molecular weight excluding hydrogens is 348 g/mol. The van der Waals surface area contributed by atoms with Gasteiger partial charge in [0.15, 0.2) is 0 Å². The van der Waals surface area contributed by atoms with E-state index >= 15 is 0 Å². The Morgan fingerprint density at radius 2 is 1.85 bits per heavy atom. The molecule has 0 aliphatic carbocycles. The molecule has 0 spiro atoms. The highest BCUT2D eigenvalue weighted by Crippen LogP contribution is 2.26. The summed E-state index contributed by atoms with van der Waals surface area (Å²) >= 11 is 1.31. The second kappa shape index (κ2) is 10.0. The van der Waals surface area contributed by atoms with Gasteiger partial charge < -0.3 is 5.32 Å². The number of aromatic nitrogens is 2. The fraction of sp³-hybridized carbons (Fsp3) is 0.474. The molecule has 0 aliphatic rings. The number of amides is 2. The van der Waals surface area contributed by atoms with E-state index in [1.165, 1.54) is 16.9 Å². The molecule has 2 amide bonds. The fourth-order valence-corrected chi connectivity index (χ4v) is 3.14. The van der Waals surface area contributed by atoms with Crippen LogP contribution in [-0.2, 0) is 9.59 Å². The van der Waals surface area contributed by atoms with Crippen LogP contribution in [0, 0.1) is 6.92 Å². The van der Waals surface area contributed by atoms with E-state index in [1.54, 1.807) is 6.92 Å². The van der Waals surface area contributed by atoms with Gasteiger partial charge in [-0.15, -0.1) is 10.2 Å². The summed E-state index contributed by atoms with van der Waals surface area (Å²) in [7, 11) is 0. The van der Waals surface area contributed by atoms with Crippen LogP contribution in [0.5, 0.6) is 0 Å². The monoisotopic (exact) mass is 374 g/mol. The first-order valence-corrected chi connectivity index (χ1v) is 9.82. The molecule has 2 aromatic rings. The molecule has 1 heterocycles. The van der Waals surface area contributed by atoms with E-state index in [-0.39, 0.29) is 11.8 Å². The Kier molecular flexibility index (Phi) is 7.72. The van der Waals surface area contributed by atoms with Crippen molar-refractivity contribution in [2.75, 3.05) is 5.32 Å². The molecule has 140 valence electrons. The first-order chi connectivity index (χ1) is 12.5. The minimum absolute atomic E-state index is 0.0960. The van der Waals surface area contributed by atoms with Crippen LogP contribution in [0.2, 0.25) is 0 Å². The Morgan fingerprint density at radius 1 is 1.12 bits per heavy atom. The summed E-state index contributed by atoms with van der Waals surface area (Å²) in [6.45, 7) is 5.82. The van der Waals surface area contributed by atoms with Crippen molar-refractivity contribution in [3.63, 3.8) is 0 Å². The summed E-state index contributed by atoms with van der Waals surface area (Å²) in [5, 5.41) is 14.7. The van der Waals surface area contributed by atoms with Crippen LogP contribution in [0.15, 0.2) is 24.3 Å². The van der Waals surface area contributed by atoms with Crippen molar-refractivity contribution in [2.45, 2.75) is 58.9 Å². The van der Waals surface area contributed by atoms with Gasteiger partial charge >= 0.3 is 0 Å². The third-order valence-electron chi connectivity index (χ3n) is 3.98. The molecule has 2 N–H and O–H groups in total. The van der Waals surface area contributed by atoms with Gasteiger partial charge in [0, 0.05) is 12.0 Å². The largest absolute Gasteiger partial charge is 0.345 e. The minimum Gasteiger partial charge on any atom is -0.345 e. The summed E-state index contributed by atoms with van der Waals surface area (Å²) in [6, 6.07) is 7.35. The molecule has 1 aromatic heterocycles. The second-order valence-corrected chi connectivity index (χ2v) is 7.35. The molecule has 1 aromatic carbocycles. The summed E-state index contributed by atoms with van der Waals surface area (Å²) in [6.07, 6.45) is 4.60. The summed E-state index contributed by atoms with van der Waals surface area (Å²) in [4.78, 5) is 24.1. The van der Waals surface area contributed by atoms with Crippen molar-refractivity contribution in [3.05, 3.63) is 29.8 Å². The maximum absolute atomic E-state index is 12.2.